The second-order valence-corrected chi connectivity index (χ2v) is 8.22. The van der Waals surface area contributed by atoms with E-state index in [0.29, 0.717) is 4.34 Å². The minimum atomic E-state index is 0.0119. The Hall–Kier alpha value is -1.46. The molecule has 4 rings (SSSR count). The third kappa shape index (κ3) is 2.56. The quantitative estimate of drug-likeness (QED) is 0.791. The molecule has 23 heavy (non-hydrogen) atoms. The summed E-state index contributed by atoms with van der Waals surface area (Å²) < 4.78 is 0.662. The fourth-order valence-corrected chi connectivity index (χ4v) is 4.93. The lowest BCUT2D eigenvalue weighted by Gasteiger charge is -2.40. The molecule has 1 unspecified atom stereocenters. The lowest BCUT2D eigenvalue weighted by molar-refractivity contribution is 0.0638. The van der Waals surface area contributed by atoms with Crippen molar-refractivity contribution in [3.8, 4) is 0 Å². The Morgan fingerprint density at radius 1 is 1.39 bits per heavy atom. The number of carbonyl (C=O) groups is 1. The van der Waals surface area contributed by atoms with Gasteiger partial charge >= 0.3 is 0 Å². The maximum absolute atomic E-state index is 12.8. The molecule has 1 fully saturated rings. The Balaban J connectivity index is 1.64. The zero-order valence-electron chi connectivity index (χ0n) is 13.0. The lowest BCUT2D eigenvalue weighted by atomic mass is 9.77. The van der Waals surface area contributed by atoms with Crippen molar-refractivity contribution >= 4 is 28.8 Å². The number of nitrogens with zero attached hydrogens (tertiary/aromatic N) is 3. The fraction of sp³-hybridized carbons (Fsp3) is 0.471. The zero-order valence-corrected chi connectivity index (χ0v) is 14.6. The van der Waals surface area contributed by atoms with Crippen LogP contribution >= 0.6 is 22.9 Å². The Morgan fingerprint density at radius 3 is 3.04 bits per heavy atom. The third-order valence-electron chi connectivity index (χ3n) is 5.01. The number of piperidine rings is 1. The second-order valence-electron chi connectivity index (χ2n) is 6.51. The minimum Gasteiger partial charge on any atom is -0.337 e. The molecule has 2 aromatic rings. The second kappa shape index (κ2) is 5.56. The minimum absolute atomic E-state index is 0.0119. The van der Waals surface area contributed by atoms with Crippen LogP contribution in [0, 0.1) is 6.92 Å². The van der Waals surface area contributed by atoms with Gasteiger partial charge in [-0.05, 0) is 50.3 Å². The summed E-state index contributed by atoms with van der Waals surface area (Å²) in [5.74, 6) is 0.915. The molecule has 0 N–H and O–H groups in total. The van der Waals surface area contributed by atoms with E-state index in [9.17, 15) is 4.79 Å². The van der Waals surface area contributed by atoms with Gasteiger partial charge in [0.05, 0.1) is 14.9 Å². The van der Waals surface area contributed by atoms with Gasteiger partial charge in [-0.15, -0.1) is 11.3 Å². The van der Waals surface area contributed by atoms with Gasteiger partial charge in [0.1, 0.15) is 5.82 Å². The lowest BCUT2D eigenvalue weighted by Crippen LogP contribution is -2.47. The highest BCUT2D eigenvalue weighted by atomic mass is 35.5. The molecule has 1 saturated heterocycles. The van der Waals surface area contributed by atoms with Crippen LogP contribution in [0.4, 0.5) is 0 Å². The van der Waals surface area contributed by atoms with Gasteiger partial charge in [-0.1, -0.05) is 11.6 Å². The van der Waals surface area contributed by atoms with Crippen LogP contribution in [0.25, 0.3) is 0 Å². The van der Waals surface area contributed by atoms with Crippen molar-refractivity contribution in [2.45, 2.75) is 38.0 Å². The molecule has 4 nitrogen and oxygen atoms in total. The average molecular weight is 348 g/mol. The van der Waals surface area contributed by atoms with Crippen LogP contribution in [-0.2, 0) is 11.8 Å². The van der Waals surface area contributed by atoms with E-state index in [1.165, 1.54) is 22.6 Å². The van der Waals surface area contributed by atoms with E-state index in [1.807, 2.05) is 24.1 Å². The van der Waals surface area contributed by atoms with Gasteiger partial charge in [-0.3, -0.25) is 4.79 Å². The monoisotopic (exact) mass is 347 g/mol. The summed E-state index contributed by atoms with van der Waals surface area (Å²) in [6.45, 7) is 3.51. The van der Waals surface area contributed by atoms with Gasteiger partial charge < -0.3 is 4.90 Å². The van der Waals surface area contributed by atoms with Crippen molar-refractivity contribution in [1.82, 2.24) is 14.9 Å². The van der Waals surface area contributed by atoms with Crippen molar-refractivity contribution in [3.63, 3.8) is 0 Å². The maximum atomic E-state index is 12.8. The van der Waals surface area contributed by atoms with Crippen LogP contribution in [-0.4, -0.2) is 33.9 Å². The van der Waals surface area contributed by atoms with Crippen molar-refractivity contribution in [1.29, 1.82) is 0 Å². The number of halogens is 1. The molecule has 1 aliphatic heterocycles. The van der Waals surface area contributed by atoms with E-state index in [2.05, 4.69) is 4.98 Å². The summed E-state index contributed by atoms with van der Waals surface area (Å²) in [7, 11) is 0. The molecule has 0 radical (unpaired) electrons. The van der Waals surface area contributed by atoms with Crippen LogP contribution in [0.3, 0.4) is 0 Å². The Kier molecular flexibility index (Phi) is 3.65. The SMILES string of the molecule is Cc1ncc2c(n1)C1(CCCN(C(=O)c3ccc(Cl)s3)C1)CC2. The molecule has 1 aliphatic carbocycles. The molecule has 0 aromatic carbocycles. The van der Waals surface area contributed by atoms with E-state index < -0.39 is 0 Å². The maximum Gasteiger partial charge on any atom is 0.264 e. The third-order valence-corrected chi connectivity index (χ3v) is 6.23. The van der Waals surface area contributed by atoms with E-state index in [1.54, 1.807) is 6.07 Å². The topological polar surface area (TPSA) is 46.1 Å². The molecule has 1 atom stereocenters. The Morgan fingerprint density at radius 2 is 2.26 bits per heavy atom. The standard InChI is InChI=1S/C17H18ClN3OS/c1-11-19-9-12-5-7-17(15(12)20-11)6-2-8-21(10-17)16(22)13-3-4-14(18)23-13/h3-4,9H,2,5-8,10H2,1H3. The molecular formula is C17H18ClN3OS. The van der Waals surface area contributed by atoms with E-state index in [4.69, 9.17) is 16.6 Å². The number of aromatic nitrogens is 2. The number of hydrogen-bond donors (Lipinski definition) is 0. The zero-order chi connectivity index (χ0) is 16.0. The van der Waals surface area contributed by atoms with Crippen LogP contribution < -0.4 is 0 Å². The number of hydrogen-bond acceptors (Lipinski definition) is 4. The number of likely N-dealkylation sites (tertiary alicyclic amines) is 1. The number of aryl methyl sites for hydroxylation is 2. The predicted octanol–water partition coefficient (Wildman–Crippen LogP) is 3.62. The number of amides is 1. The van der Waals surface area contributed by atoms with E-state index in [-0.39, 0.29) is 11.3 Å². The predicted molar refractivity (Wildman–Crippen MR) is 91.2 cm³/mol. The first kappa shape index (κ1) is 15.1. The Bertz CT molecular complexity index is 771. The number of rotatable bonds is 1. The molecule has 6 heteroatoms. The number of fused-ring (bicyclic) bond motifs is 2. The highest BCUT2D eigenvalue weighted by molar-refractivity contribution is 7.17. The van der Waals surface area contributed by atoms with Crippen molar-refractivity contribution < 1.29 is 4.79 Å². The summed E-state index contributed by atoms with van der Waals surface area (Å²) in [5.41, 5.74) is 2.44. The van der Waals surface area contributed by atoms with Crippen molar-refractivity contribution in [2.75, 3.05) is 13.1 Å². The molecule has 120 valence electrons. The first-order chi connectivity index (χ1) is 11.1. The highest BCUT2D eigenvalue weighted by Gasteiger charge is 2.44. The molecule has 1 amide bonds. The van der Waals surface area contributed by atoms with Gasteiger partial charge in [0.25, 0.3) is 5.91 Å². The van der Waals surface area contributed by atoms with Gasteiger partial charge in [0.2, 0.25) is 0 Å². The van der Waals surface area contributed by atoms with Gasteiger partial charge in [-0.2, -0.15) is 0 Å². The van der Waals surface area contributed by atoms with Crippen molar-refractivity contribution in [3.05, 3.63) is 44.6 Å². The van der Waals surface area contributed by atoms with Gasteiger partial charge in [0.15, 0.2) is 0 Å². The van der Waals surface area contributed by atoms with Crippen LogP contribution in [0.1, 0.15) is 46.0 Å². The summed E-state index contributed by atoms with van der Waals surface area (Å²) in [5, 5.41) is 0. The summed E-state index contributed by atoms with van der Waals surface area (Å²) in [6.07, 6.45) is 6.17. The fourth-order valence-electron chi connectivity index (χ4n) is 3.92. The first-order valence-electron chi connectivity index (χ1n) is 7.95. The summed E-state index contributed by atoms with van der Waals surface area (Å²) in [4.78, 5) is 24.5. The summed E-state index contributed by atoms with van der Waals surface area (Å²) >= 11 is 7.34. The van der Waals surface area contributed by atoms with E-state index in [0.717, 1.165) is 49.5 Å². The summed E-state index contributed by atoms with van der Waals surface area (Å²) in [6, 6.07) is 3.62. The molecule has 0 saturated carbocycles. The van der Waals surface area contributed by atoms with Gasteiger partial charge in [0, 0.05) is 24.7 Å². The largest absolute Gasteiger partial charge is 0.337 e. The highest BCUT2D eigenvalue weighted by Crippen LogP contribution is 2.44. The van der Waals surface area contributed by atoms with Crippen LogP contribution in [0.2, 0.25) is 4.34 Å². The van der Waals surface area contributed by atoms with Gasteiger partial charge in [-0.25, -0.2) is 9.97 Å². The van der Waals surface area contributed by atoms with Crippen LogP contribution in [0.15, 0.2) is 18.3 Å². The Labute approximate surface area is 144 Å². The first-order valence-corrected chi connectivity index (χ1v) is 9.14. The van der Waals surface area contributed by atoms with E-state index >= 15 is 0 Å². The normalized spacial score (nSPS) is 23.3. The molecule has 2 aliphatic rings. The smallest absolute Gasteiger partial charge is 0.264 e. The van der Waals surface area contributed by atoms with Crippen molar-refractivity contribution in [2.24, 2.45) is 0 Å². The number of thiophene rings is 1. The van der Waals surface area contributed by atoms with Crippen LogP contribution in [0.5, 0.6) is 0 Å². The molecule has 3 heterocycles. The molecule has 1 spiro atoms. The average Bonchev–Trinajstić information content (AvgIpc) is 3.12. The number of carbonyl (C=O) groups excluding carboxylic acids is 1. The molecule has 2 aromatic heterocycles. The molecule has 0 bridgehead atoms. The molecular weight excluding hydrogens is 330 g/mol.